The molecule has 0 spiro atoms. The van der Waals surface area contributed by atoms with Crippen molar-refractivity contribution in [1.82, 2.24) is 4.98 Å². The van der Waals surface area contributed by atoms with Crippen molar-refractivity contribution in [2.45, 2.75) is 6.92 Å². The highest BCUT2D eigenvalue weighted by molar-refractivity contribution is 6.36. The molecule has 106 valence electrons. The van der Waals surface area contributed by atoms with E-state index < -0.39 is 0 Å². The minimum Gasteiger partial charge on any atom is -0.490 e. The monoisotopic (exact) mass is 312 g/mol. The molecular formula is C14H14Cl2N2O2. The van der Waals surface area contributed by atoms with Crippen LogP contribution in [0.4, 0.5) is 5.82 Å². The summed E-state index contributed by atoms with van der Waals surface area (Å²) in [6, 6.07) is 8.91. The van der Waals surface area contributed by atoms with E-state index in [1.165, 1.54) is 0 Å². The topological polar surface area (TPSA) is 43.4 Å². The number of ether oxygens (including phenoxy) is 2. The molecule has 6 heteroatoms. The lowest BCUT2D eigenvalue weighted by Gasteiger charge is -2.13. The van der Waals surface area contributed by atoms with Crippen molar-refractivity contribution >= 4 is 29.0 Å². The Morgan fingerprint density at radius 2 is 1.85 bits per heavy atom. The van der Waals surface area contributed by atoms with Crippen molar-refractivity contribution in [1.29, 1.82) is 0 Å². The van der Waals surface area contributed by atoms with Crippen LogP contribution in [-0.2, 0) is 0 Å². The maximum atomic E-state index is 6.10. The van der Waals surface area contributed by atoms with E-state index in [9.17, 15) is 0 Å². The van der Waals surface area contributed by atoms with Gasteiger partial charge in [-0.25, -0.2) is 0 Å². The third kappa shape index (κ3) is 3.26. The van der Waals surface area contributed by atoms with Crippen LogP contribution in [0.3, 0.4) is 0 Å². The number of anilines is 1. The maximum Gasteiger partial charge on any atom is 0.240 e. The summed E-state index contributed by atoms with van der Waals surface area (Å²) in [4.78, 5) is 4.23. The number of hydrogen-bond donors (Lipinski definition) is 1. The van der Waals surface area contributed by atoms with E-state index in [1.807, 2.05) is 25.1 Å². The van der Waals surface area contributed by atoms with E-state index in [1.54, 1.807) is 19.2 Å². The molecule has 4 nitrogen and oxygen atoms in total. The fourth-order valence-corrected chi connectivity index (χ4v) is 2.10. The average molecular weight is 313 g/mol. The summed E-state index contributed by atoms with van der Waals surface area (Å²) in [6.45, 7) is 2.45. The van der Waals surface area contributed by atoms with Crippen LogP contribution in [0.2, 0.25) is 10.0 Å². The average Bonchev–Trinajstić information content (AvgIpc) is 2.44. The van der Waals surface area contributed by atoms with Crippen molar-refractivity contribution in [3.63, 3.8) is 0 Å². The van der Waals surface area contributed by atoms with Gasteiger partial charge in [-0.2, -0.15) is 4.98 Å². The normalized spacial score (nSPS) is 10.2. The van der Waals surface area contributed by atoms with E-state index >= 15 is 0 Å². The first-order chi connectivity index (χ1) is 9.65. The molecule has 1 aromatic carbocycles. The van der Waals surface area contributed by atoms with Gasteiger partial charge >= 0.3 is 0 Å². The number of aromatic nitrogens is 1. The fraction of sp³-hybridized carbons (Fsp3) is 0.214. The van der Waals surface area contributed by atoms with Gasteiger partial charge in [0, 0.05) is 7.05 Å². The van der Waals surface area contributed by atoms with Crippen molar-refractivity contribution in [2.24, 2.45) is 0 Å². The minimum absolute atomic E-state index is 0.271. The van der Waals surface area contributed by atoms with Gasteiger partial charge in [0.2, 0.25) is 5.88 Å². The van der Waals surface area contributed by atoms with Gasteiger partial charge in [-0.1, -0.05) is 35.3 Å². The molecule has 0 saturated heterocycles. The van der Waals surface area contributed by atoms with Crippen LogP contribution in [0, 0.1) is 0 Å². The predicted octanol–water partition coefficient (Wildman–Crippen LogP) is 4.62. The molecule has 0 aliphatic heterocycles. The zero-order chi connectivity index (χ0) is 14.5. The molecule has 0 radical (unpaired) electrons. The Morgan fingerprint density at radius 1 is 1.15 bits per heavy atom. The Hall–Kier alpha value is -1.65. The lowest BCUT2D eigenvalue weighted by atomic mass is 10.3. The van der Waals surface area contributed by atoms with Crippen LogP contribution < -0.4 is 14.8 Å². The van der Waals surface area contributed by atoms with Crippen LogP contribution in [0.5, 0.6) is 17.4 Å². The second kappa shape index (κ2) is 6.68. The molecular weight excluding hydrogens is 299 g/mol. The molecule has 0 fully saturated rings. The number of para-hydroxylation sites is 2. The van der Waals surface area contributed by atoms with Crippen molar-refractivity contribution < 1.29 is 9.47 Å². The van der Waals surface area contributed by atoms with Gasteiger partial charge in [0.05, 0.1) is 11.6 Å². The fourth-order valence-electron chi connectivity index (χ4n) is 1.61. The van der Waals surface area contributed by atoms with Gasteiger partial charge in [0.1, 0.15) is 10.8 Å². The van der Waals surface area contributed by atoms with Crippen molar-refractivity contribution in [2.75, 3.05) is 19.0 Å². The summed E-state index contributed by atoms with van der Waals surface area (Å²) in [7, 11) is 1.72. The molecule has 0 bridgehead atoms. The highest BCUT2D eigenvalue weighted by atomic mass is 35.5. The van der Waals surface area contributed by atoms with Gasteiger partial charge in [-0.15, -0.1) is 0 Å². The van der Waals surface area contributed by atoms with E-state index in [0.29, 0.717) is 34.0 Å². The van der Waals surface area contributed by atoms with Crippen molar-refractivity contribution in [3.05, 3.63) is 40.4 Å². The van der Waals surface area contributed by atoms with Crippen molar-refractivity contribution in [3.8, 4) is 17.4 Å². The quantitative estimate of drug-likeness (QED) is 0.874. The van der Waals surface area contributed by atoms with E-state index in [2.05, 4.69) is 10.3 Å². The summed E-state index contributed by atoms with van der Waals surface area (Å²) in [5.41, 5.74) is 0. The zero-order valence-electron chi connectivity index (χ0n) is 11.1. The molecule has 2 rings (SSSR count). The van der Waals surface area contributed by atoms with Crippen LogP contribution >= 0.6 is 23.2 Å². The molecule has 1 aromatic heterocycles. The summed E-state index contributed by atoms with van der Waals surface area (Å²) >= 11 is 12.1. The SMILES string of the molecule is CCOc1ccccc1Oc1nc(NC)c(Cl)cc1Cl. The Kier molecular flexibility index (Phi) is 4.93. The molecule has 2 aromatic rings. The number of pyridine rings is 1. The van der Waals surface area contributed by atoms with E-state index in [0.717, 1.165) is 0 Å². The smallest absolute Gasteiger partial charge is 0.240 e. The molecule has 0 atom stereocenters. The Morgan fingerprint density at radius 3 is 2.50 bits per heavy atom. The number of rotatable bonds is 5. The third-order valence-electron chi connectivity index (χ3n) is 2.49. The summed E-state index contributed by atoms with van der Waals surface area (Å²) in [5, 5.41) is 3.64. The third-order valence-corrected chi connectivity index (χ3v) is 3.05. The highest BCUT2D eigenvalue weighted by Gasteiger charge is 2.12. The van der Waals surface area contributed by atoms with Gasteiger partial charge < -0.3 is 14.8 Å². The minimum atomic E-state index is 0.271. The molecule has 0 saturated carbocycles. The first-order valence-corrected chi connectivity index (χ1v) is 6.84. The lowest BCUT2D eigenvalue weighted by Crippen LogP contribution is -1.99. The number of hydrogen-bond acceptors (Lipinski definition) is 4. The largest absolute Gasteiger partial charge is 0.490 e. The summed E-state index contributed by atoms with van der Waals surface area (Å²) < 4.78 is 11.2. The zero-order valence-corrected chi connectivity index (χ0v) is 12.6. The molecule has 0 unspecified atom stereocenters. The number of nitrogens with zero attached hydrogens (tertiary/aromatic N) is 1. The molecule has 0 aliphatic carbocycles. The van der Waals surface area contributed by atoms with E-state index in [-0.39, 0.29) is 5.88 Å². The first-order valence-electron chi connectivity index (χ1n) is 6.09. The molecule has 0 aliphatic rings. The lowest BCUT2D eigenvalue weighted by molar-refractivity contribution is 0.319. The summed E-state index contributed by atoms with van der Waals surface area (Å²) in [5.74, 6) is 1.95. The van der Waals surface area contributed by atoms with Gasteiger partial charge in [-0.3, -0.25) is 0 Å². The molecule has 1 N–H and O–H groups in total. The number of nitrogens with one attached hydrogen (secondary N) is 1. The Labute approximate surface area is 127 Å². The molecule has 1 heterocycles. The first kappa shape index (κ1) is 14.8. The number of halogens is 2. The standard InChI is InChI=1S/C14H14Cl2N2O2/c1-3-19-11-6-4-5-7-12(11)20-14-10(16)8-9(15)13(17-2)18-14/h4-8H,3H2,1-2H3,(H,17,18). The van der Waals surface area contributed by atoms with Gasteiger partial charge in [0.15, 0.2) is 11.5 Å². The highest BCUT2D eigenvalue weighted by Crippen LogP contribution is 2.36. The Balaban J connectivity index is 2.35. The van der Waals surface area contributed by atoms with Crippen LogP contribution in [0.25, 0.3) is 0 Å². The predicted molar refractivity (Wildman–Crippen MR) is 81.5 cm³/mol. The second-order valence-electron chi connectivity index (χ2n) is 3.84. The molecule has 0 amide bonds. The van der Waals surface area contributed by atoms with Crippen LogP contribution in [0.1, 0.15) is 6.92 Å². The van der Waals surface area contributed by atoms with Gasteiger partial charge in [0.25, 0.3) is 0 Å². The van der Waals surface area contributed by atoms with Gasteiger partial charge in [-0.05, 0) is 25.1 Å². The van der Waals surface area contributed by atoms with Crippen LogP contribution in [0.15, 0.2) is 30.3 Å². The number of benzene rings is 1. The maximum absolute atomic E-state index is 6.10. The van der Waals surface area contributed by atoms with E-state index in [4.69, 9.17) is 32.7 Å². The summed E-state index contributed by atoms with van der Waals surface area (Å²) in [6.07, 6.45) is 0. The van der Waals surface area contributed by atoms with Crippen LogP contribution in [-0.4, -0.2) is 18.6 Å². The second-order valence-corrected chi connectivity index (χ2v) is 4.65. The Bertz CT molecular complexity index is 606. The molecule has 20 heavy (non-hydrogen) atoms.